The number of anilines is 1. The Morgan fingerprint density at radius 2 is 2.05 bits per heavy atom. The number of fused-ring (bicyclic) bond motifs is 1. The van der Waals surface area contributed by atoms with Gasteiger partial charge >= 0.3 is 0 Å². The summed E-state index contributed by atoms with van der Waals surface area (Å²) in [6, 6.07) is 6.71. The van der Waals surface area contributed by atoms with Crippen LogP contribution in [0.1, 0.15) is 37.8 Å². The van der Waals surface area contributed by atoms with Gasteiger partial charge in [-0.2, -0.15) is 0 Å². The van der Waals surface area contributed by atoms with Crippen molar-refractivity contribution in [3.05, 3.63) is 29.3 Å². The van der Waals surface area contributed by atoms with Crippen LogP contribution < -0.4 is 10.2 Å². The number of aliphatic hydroxyl groups is 1. The maximum absolute atomic E-state index is 10.1. The molecule has 1 atom stereocenters. The Morgan fingerprint density at radius 1 is 1.30 bits per heavy atom. The second-order valence-electron chi connectivity index (χ2n) is 5.91. The first kappa shape index (κ1) is 15.3. The summed E-state index contributed by atoms with van der Waals surface area (Å²) in [6.07, 6.45) is 3.01. The third-order valence-electron chi connectivity index (χ3n) is 4.55. The van der Waals surface area contributed by atoms with Crippen LogP contribution in [0, 0.1) is 5.92 Å². The van der Waals surface area contributed by atoms with Gasteiger partial charge in [0.1, 0.15) is 0 Å². The number of hydrogen-bond donors (Lipinski definition) is 2. The maximum atomic E-state index is 10.1. The summed E-state index contributed by atoms with van der Waals surface area (Å²) in [6.45, 7) is 6.94. The second kappa shape index (κ2) is 7.09. The molecule has 1 aromatic carbocycles. The smallest absolute Gasteiger partial charge is 0.0692 e. The number of aliphatic hydroxyl groups excluding tert-OH is 1. The molecule has 0 fully saturated rings. The molecule has 0 spiro atoms. The van der Waals surface area contributed by atoms with Crippen LogP contribution in [0.25, 0.3) is 0 Å². The standard InChI is InChI=1S/C17H28N2O/c1-4-14(5-2)17(20)12-18-11-13-6-7-16-15(10-13)8-9-19(16)3/h6-7,10,14,17-18,20H,4-5,8-9,11-12H2,1-3H3. The van der Waals surface area contributed by atoms with E-state index in [1.165, 1.54) is 16.8 Å². The second-order valence-corrected chi connectivity index (χ2v) is 5.91. The van der Waals surface area contributed by atoms with Gasteiger partial charge in [0.2, 0.25) is 0 Å². The summed E-state index contributed by atoms with van der Waals surface area (Å²) < 4.78 is 0. The number of hydrogen-bond acceptors (Lipinski definition) is 3. The van der Waals surface area contributed by atoms with E-state index in [9.17, 15) is 5.11 Å². The maximum Gasteiger partial charge on any atom is 0.0692 e. The Morgan fingerprint density at radius 3 is 2.75 bits per heavy atom. The topological polar surface area (TPSA) is 35.5 Å². The van der Waals surface area contributed by atoms with E-state index in [0.717, 1.165) is 32.4 Å². The van der Waals surface area contributed by atoms with Gasteiger partial charge in [-0.05, 0) is 29.5 Å². The highest BCUT2D eigenvalue weighted by atomic mass is 16.3. The lowest BCUT2D eigenvalue weighted by molar-refractivity contribution is 0.101. The summed E-state index contributed by atoms with van der Waals surface area (Å²) in [5.74, 6) is 0.413. The zero-order valence-electron chi connectivity index (χ0n) is 13.0. The van der Waals surface area contributed by atoms with E-state index in [-0.39, 0.29) is 6.10 Å². The molecule has 1 aliphatic rings. The van der Waals surface area contributed by atoms with E-state index in [1.807, 2.05) is 0 Å². The molecule has 1 heterocycles. The van der Waals surface area contributed by atoms with Gasteiger partial charge in [-0.1, -0.05) is 38.8 Å². The molecule has 0 bridgehead atoms. The molecule has 20 heavy (non-hydrogen) atoms. The number of benzene rings is 1. The Kier molecular flexibility index (Phi) is 5.44. The van der Waals surface area contributed by atoms with Crippen LogP contribution in [0.5, 0.6) is 0 Å². The van der Waals surface area contributed by atoms with Crippen molar-refractivity contribution in [1.29, 1.82) is 0 Å². The predicted molar refractivity (Wildman–Crippen MR) is 85.2 cm³/mol. The van der Waals surface area contributed by atoms with Crippen LogP contribution in [0.15, 0.2) is 18.2 Å². The van der Waals surface area contributed by atoms with Crippen molar-refractivity contribution in [3.8, 4) is 0 Å². The average molecular weight is 276 g/mol. The minimum absolute atomic E-state index is 0.231. The fourth-order valence-corrected chi connectivity index (χ4v) is 3.09. The van der Waals surface area contributed by atoms with Gasteiger partial charge in [0.15, 0.2) is 0 Å². The van der Waals surface area contributed by atoms with Crippen LogP contribution in [0.2, 0.25) is 0 Å². The number of nitrogens with one attached hydrogen (secondary N) is 1. The lowest BCUT2D eigenvalue weighted by Gasteiger charge is -2.20. The Balaban J connectivity index is 1.83. The molecule has 1 unspecified atom stereocenters. The van der Waals surface area contributed by atoms with Gasteiger partial charge in [-0.3, -0.25) is 0 Å². The number of rotatable bonds is 7. The molecular formula is C17H28N2O. The van der Waals surface area contributed by atoms with Crippen molar-refractivity contribution in [1.82, 2.24) is 5.32 Å². The minimum Gasteiger partial charge on any atom is -0.392 e. The Hall–Kier alpha value is -1.06. The fourth-order valence-electron chi connectivity index (χ4n) is 3.09. The van der Waals surface area contributed by atoms with Gasteiger partial charge in [-0.15, -0.1) is 0 Å². The SMILES string of the molecule is CCC(CC)C(O)CNCc1ccc2c(c1)CCN2C. The first-order chi connectivity index (χ1) is 9.65. The lowest BCUT2D eigenvalue weighted by atomic mass is 9.96. The molecule has 1 aromatic rings. The van der Waals surface area contributed by atoms with E-state index in [4.69, 9.17) is 0 Å². The van der Waals surface area contributed by atoms with E-state index in [2.05, 4.69) is 49.3 Å². The molecule has 112 valence electrons. The van der Waals surface area contributed by atoms with E-state index in [0.29, 0.717) is 12.5 Å². The lowest BCUT2D eigenvalue weighted by Crippen LogP contribution is -2.32. The third-order valence-corrected chi connectivity index (χ3v) is 4.55. The molecule has 1 aliphatic heterocycles. The van der Waals surface area contributed by atoms with E-state index in [1.54, 1.807) is 0 Å². The fraction of sp³-hybridized carbons (Fsp3) is 0.647. The van der Waals surface area contributed by atoms with E-state index < -0.39 is 0 Å². The molecule has 0 radical (unpaired) electrons. The van der Waals surface area contributed by atoms with Crippen molar-refractivity contribution in [2.45, 2.75) is 45.8 Å². The summed E-state index contributed by atoms with van der Waals surface area (Å²) in [5.41, 5.74) is 4.13. The highest BCUT2D eigenvalue weighted by Gasteiger charge is 2.16. The third kappa shape index (κ3) is 3.53. The molecule has 0 amide bonds. The monoisotopic (exact) mass is 276 g/mol. The Bertz CT molecular complexity index is 429. The summed E-state index contributed by atoms with van der Waals surface area (Å²) >= 11 is 0. The van der Waals surface area contributed by atoms with Crippen molar-refractivity contribution in [2.75, 3.05) is 25.0 Å². The largest absolute Gasteiger partial charge is 0.392 e. The van der Waals surface area contributed by atoms with Crippen LogP contribution in [-0.4, -0.2) is 31.3 Å². The van der Waals surface area contributed by atoms with Gasteiger partial charge in [0.25, 0.3) is 0 Å². The van der Waals surface area contributed by atoms with E-state index >= 15 is 0 Å². The molecule has 2 rings (SSSR count). The van der Waals surface area contributed by atoms with Gasteiger partial charge < -0.3 is 15.3 Å². The molecule has 0 aliphatic carbocycles. The van der Waals surface area contributed by atoms with Crippen molar-refractivity contribution >= 4 is 5.69 Å². The van der Waals surface area contributed by atoms with Gasteiger partial charge in [-0.25, -0.2) is 0 Å². The Labute approximate surface area is 123 Å². The number of likely N-dealkylation sites (N-methyl/N-ethyl adjacent to an activating group) is 1. The first-order valence-electron chi connectivity index (χ1n) is 7.87. The molecular weight excluding hydrogens is 248 g/mol. The molecule has 3 nitrogen and oxygen atoms in total. The van der Waals surface area contributed by atoms with Crippen LogP contribution in [-0.2, 0) is 13.0 Å². The van der Waals surface area contributed by atoms with Crippen molar-refractivity contribution in [2.24, 2.45) is 5.92 Å². The molecule has 0 aromatic heterocycles. The summed E-state index contributed by atoms with van der Waals surface area (Å²) in [7, 11) is 2.15. The highest BCUT2D eigenvalue weighted by Crippen LogP contribution is 2.27. The average Bonchev–Trinajstić information content (AvgIpc) is 2.81. The number of nitrogens with zero attached hydrogens (tertiary/aromatic N) is 1. The zero-order valence-corrected chi connectivity index (χ0v) is 13.0. The zero-order chi connectivity index (χ0) is 14.5. The summed E-state index contributed by atoms with van der Waals surface area (Å²) in [5, 5.41) is 13.5. The molecule has 3 heteroatoms. The van der Waals surface area contributed by atoms with Crippen molar-refractivity contribution < 1.29 is 5.11 Å². The molecule has 0 saturated carbocycles. The molecule has 0 saturated heterocycles. The van der Waals surface area contributed by atoms with Crippen LogP contribution in [0.3, 0.4) is 0 Å². The quantitative estimate of drug-likeness (QED) is 0.803. The van der Waals surface area contributed by atoms with Crippen LogP contribution >= 0.6 is 0 Å². The van der Waals surface area contributed by atoms with Crippen LogP contribution in [0.4, 0.5) is 5.69 Å². The predicted octanol–water partition coefficient (Wildman–Crippen LogP) is 2.57. The normalized spacial score (nSPS) is 15.8. The summed E-state index contributed by atoms with van der Waals surface area (Å²) in [4.78, 5) is 2.31. The van der Waals surface area contributed by atoms with Gasteiger partial charge in [0.05, 0.1) is 6.10 Å². The minimum atomic E-state index is -0.231. The highest BCUT2D eigenvalue weighted by molar-refractivity contribution is 5.58. The first-order valence-corrected chi connectivity index (χ1v) is 7.87. The molecule has 2 N–H and O–H groups in total. The van der Waals surface area contributed by atoms with Gasteiger partial charge in [0, 0.05) is 32.4 Å². The van der Waals surface area contributed by atoms with Crippen molar-refractivity contribution in [3.63, 3.8) is 0 Å².